The highest BCUT2D eigenvalue weighted by Crippen LogP contribution is 2.22. The molecule has 17 heavy (non-hydrogen) atoms. The van der Waals surface area contributed by atoms with Crippen LogP contribution in [0.25, 0.3) is 16.6 Å². The van der Waals surface area contributed by atoms with Crippen LogP contribution in [0.5, 0.6) is 5.75 Å². The van der Waals surface area contributed by atoms with Crippen molar-refractivity contribution in [2.45, 2.75) is 0 Å². The van der Waals surface area contributed by atoms with Gasteiger partial charge in [0.25, 0.3) is 0 Å². The number of hydrogen-bond donors (Lipinski definition) is 1. The first-order valence-electron chi connectivity index (χ1n) is 5.17. The summed E-state index contributed by atoms with van der Waals surface area (Å²) >= 11 is 3.44. The van der Waals surface area contributed by atoms with Gasteiger partial charge in [0.2, 0.25) is 0 Å². The molecule has 0 aliphatic heterocycles. The molecule has 3 aromatic rings. The van der Waals surface area contributed by atoms with E-state index in [0.29, 0.717) is 0 Å². The summed E-state index contributed by atoms with van der Waals surface area (Å²) in [5, 5.41) is 14.7. The minimum Gasteiger partial charge on any atom is -0.508 e. The van der Waals surface area contributed by atoms with Gasteiger partial charge in [-0.05, 0) is 42.5 Å². The van der Waals surface area contributed by atoms with Crippen molar-refractivity contribution in [2.75, 3.05) is 0 Å². The molecule has 1 aromatic heterocycles. The Kier molecular flexibility index (Phi) is 2.37. The first-order valence-corrected chi connectivity index (χ1v) is 5.96. The molecule has 0 fully saturated rings. The maximum atomic E-state index is 9.27. The number of fused-ring (bicyclic) bond motifs is 1. The molecular weight excluding hydrogens is 280 g/mol. The standard InChI is InChI=1S/C13H9BrN2O/c14-10-1-6-13-9(7-10)8-15-16(13)11-2-4-12(17)5-3-11/h1-8,17H. The Morgan fingerprint density at radius 3 is 2.59 bits per heavy atom. The second kappa shape index (κ2) is 3.89. The van der Waals surface area contributed by atoms with Crippen LogP contribution in [0, 0.1) is 0 Å². The molecule has 0 unspecified atom stereocenters. The third-order valence-electron chi connectivity index (χ3n) is 2.62. The zero-order chi connectivity index (χ0) is 11.8. The van der Waals surface area contributed by atoms with Gasteiger partial charge in [0.1, 0.15) is 5.75 Å². The maximum Gasteiger partial charge on any atom is 0.115 e. The normalized spacial score (nSPS) is 10.9. The molecule has 1 N–H and O–H groups in total. The van der Waals surface area contributed by atoms with Gasteiger partial charge in [-0.2, -0.15) is 5.10 Å². The maximum absolute atomic E-state index is 9.27. The van der Waals surface area contributed by atoms with Crippen molar-refractivity contribution in [3.63, 3.8) is 0 Å². The Morgan fingerprint density at radius 1 is 1.06 bits per heavy atom. The molecule has 4 heteroatoms. The molecule has 0 saturated heterocycles. The van der Waals surface area contributed by atoms with Crippen LogP contribution in [0.2, 0.25) is 0 Å². The summed E-state index contributed by atoms with van der Waals surface area (Å²) in [5.74, 6) is 0.257. The first-order chi connectivity index (χ1) is 8.24. The van der Waals surface area contributed by atoms with Crippen LogP contribution in [0.1, 0.15) is 0 Å². The summed E-state index contributed by atoms with van der Waals surface area (Å²) in [6, 6.07) is 13.0. The first kappa shape index (κ1) is 10.4. The predicted octanol–water partition coefficient (Wildman–Crippen LogP) is 3.49. The number of aromatic hydroxyl groups is 1. The van der Waals surface area contributed by atoms with Crippen LogP contribution in [0.3, 0.4) is 0 Å². The number of benzene rings is 2. The fourth-order valence-electron chi connectivity index (χ4n) is 1.80. The Hall–Kier alpha value is -1.81. The van der Waals surface area contributed by atoms with Gasteiger partial charge in [-0.25, -0.2) is 4.68 Å². The van der Waals surface area contributed by atoms with Crippen molar-refractivity contribution in [1.29, 1.82) is 0 Å². The van der Waals surface area contributed by atoms with Crippen LogP contribution >= 0.6 is 15.9 Å². The van der Waals surface area contributed by atoms with E-state index < -0.39 is 0 Å². The van der Waals surface area contributed by atoms with Crippen LogP contribution < -0.4 is 0 Å². The lowest BCUT2D eigenvalue weighted by molar-refractivity contribution is 0.475. The summed E-state index contributed by atoms with van der Waals surface area (Å²) in [6.07, 6.45) is 1.83. The molecule has 0 aliphatic carbocycles. The molecule has 0 bridgehead atoms. The molecule has 84 valence electrons. The Bertz CT molecular complexity index is 673. The van der Waals surface area contributed by atoms with E-state index in [2.05, 4.69) is 21.0 Å². The number of rotatable bonds is 1. The largest absolute Gasteiger partial charge is 0.508 e. The number of hydrogen-bond acceptors (Lipinski definition) is 2. The molecule has 2 aromatic carbocycles. The number of phenols is 1. The third kappa shape index (κ3) is 1.80. The monoisotopic (exact) mass is 288 g/mol. The van der Waals surface area contributed by atoms with Crippen LogP contribution in [-0.4, -0.2) is 14.9 Å². The molecular formula is C13H9BrN2O. The summed E-state index contributed by atoms with van der Waals surface area (Å²) in [6.45, 7) is 0. The van der Waals surface area contributed by atoms with Gasteiger partial charge in [0.05, 0.1) is 17.4 Å². The van der Waals surface area contributed by atoms with Crippen molar-refractivity contribution in [3.8, 4) is 11.4 Å². The summed E-state index contributed by atoms with van der Waals surface area (Å²) in [7, 11) is 0. The van der Waals surface area contributed by atoms with E-state index >= 15 is 0 Å². The highest BCUT2D eigenvalue weighted by molar-refractivity contribution is 9.10. The van der Waals surface area contributed by atoms with Gasteiger partial charge in [-0.3, -0.25) is 0 Å². The lowest BCUT2D eigenvalue weighted by atomic mass is 10.2. The molecule has 3 rings (SSSR count). The van der Waals surface area contributed by atoms with Crippen molar-refractivity contribution >= 4 is 26.8 Å². The SMILES string of the molecule is Oc1ccc(-n2ncc3cc(Br)ccc32)cc1. The zero-order valence-electron chi connectivity index (χ0n) is 8.84. The van der Waals surface area contributed by atoms with E-state index in [1.54, 1.807) is 12.1 Å². The fourth-order valence-corrected chi connectivity index (χ4v) is 2.18. The number of halogens is 1. The van der Waals surface area contributed by atoms with Gasteiger partial charge in [-0.15, -0.1) is 0 Å². The number of nitrogens with zero attached hydrogens (tertiary/aromatic N) is 2. The van der Waals surface area contributed by atoms with Crippen molar-refractivity contribution < 1.29 is 5.11 Å². The van der Waals surface area contributed by atoms with Crippen molar-refractivity contribution in [3.05, 3.63) is 53.1 Å². The molecule has 0 aliphatic rings. The second-order valence-corrected chi connectivity index (χ2v) is 4.69. The van der Waals surface area contributed by atoms with Crippen LogP contribution in [0.4, 0.5) is 0 Å². The average Bonchev–Trinajstić information content (AvgIpc) is 2.73. The van der Waals surface area contributed by atoms with E-state index in [4.69, 9.17) is 0 Å². The van der Waals surface area contributed by atoms with E-state index in [1.807, 2.05) is 41.2 Å². The van der Waals surface area contributed by atoms with Gasteiger partial charge < -0.3 is 5.11 Å². The molecule has 0 atom stereocenters. The topological polar surface area (TPSA) is 38.0 Å². The molecule has 0 spiro atoms. The highest BCUT2D eigenvalue weighted by atomic mass is 79.9. The Balaban J connectivity index is 2.21. The van der Waals surface area contributed by atoms with Crippen molar-refractivity contribution in [1.82, 2.24) is 9.78 Å². The van der Waals surface area contributed by atoms with E-state index in [0.717, 1.165) is 21.1 Å². The highest BCUT2D eigenvalue weighted by Gasteiger charge is 2.04. The van der Waals surface area contributed by atoms with Crippen LogP contribution in [-0.2, 0) is 0 Å². The zero-order valence-corrected chi connectivity index (χ0v) is 10.4. The van der Waals surface area contributed by atoms with Gasteiger partial charge in [0.15, 0.2) is 0 Å². The molecule has 3 nitrogen and oxygen atoms in total. The predicted molar refractivity (Wildman–Crippen MR) is 70.4 cm³/mol. The molecule has 1 heterocycles. The Labute approximate surface area is 106 Å². The lowest BCUT2D eigenvalue weighted by Crippen LogP contribution is -1.94. The minimum absolute atomic E-state index is 0.257. The minimum atomic E-state index is 0.257. The average molecular weight is 289 g/mol. The van der Waals surface area contributed by atoms with Gasteiger partial charge in [0, 0.05) is 9.86 Å². The summed E-state index contributed by atoms with van der Waals surface area (Å²) in [5.41, 5.74) is 1.97. The Morgan fingerprint density at radius 2 is 1.82 bits per heavy atom. The lowest BCUT2D eigenvalue weighted by Gasteiger charge is -2.03. The van der Waals surface area contributed by atoms with E-state index in [-0.39, 0.29) is 5.75 Å². The number of phenolic OH excluding ortho intramolecular Hbond substituents is 1. The van der Waals surface area contributed by atoms with Gasteiger partial charge in [-0.1, -0.05) is 15.9 Å². The number of aromatic nitrogens is 2. The van der Waals surface area contributed by atoms with Crippen molar-refractivity contribution in [2.24, 2.45) is 0 Å². The molecule has 0 radical (unpaired) electrons. The van der Waals surface area contributed by atoms with E-state index in [1.165, 1.54) is 0 Å². The van der Waals surface area contributed by atoms with Gasteiger partial charge >= 0.3 is 0 Å². The summed E-state index contributed by atoms with van der Waals surface area (Å²) in [4.78, 5) is 0. The quantitative estimate of drug-likeness (QED) is 0.744. The molecule has 0 saturated carbocycles. The third-order valence-corrected chi connectivity index (χ3v) is 3.12. The summed E-state index contributed by atoms with van der Waals surface area (Å²) < 4.78 is 2.89. The fraction of sp³-hybridized carbons (Fsp3) is 0. The second-order valence-electron chi connectivity index (χ2n) is 3.78. The smallest absolute Gasteiger partial charge is 0.115 e. The van der Waals surface area contributed by atoms with E-state index in [9.17, 15) is 5.11 Å². The molecule has 0 amide bonds. The van der Waals surface area contributed by atoms with Crippen LogP contribution in [0.15, 0.2) is 53.1 Å².